The fourth-order valence-electron chi connectivity index (χ4n) is 4.89. The Morgan fingerprint density at radius 2 is 1.54 bits per heavy atom. The minimum Gasteiger partial charge on any atom is -0.335 e. The molecule has 2 saturated carbocycles. The SMILES string of the molecule is C/C(=C\CCN1CCN(C(=O)NC2CCCCC2)CC1)C1CCCCC1. The average molecular weight is 362 g/mol. The minimum atomic E-state index is 0.171. The van der Waals surface area contributed by atoms with Crippen LogP contribution in [0.25, 0.3) is 0 Å². The van der Waals surface area contributed by atoms with E-state index >= 15 is 0 Å². The molecule has 1 heterocycles. The van der Waals surface area contributed by atoms with E-state index in [9.17, 15) is 4.79 Å². The maximum atomic E-state index is 12.4. The van der Waals surface area contributed by atoms with Crippen LogP contribution in [0.1, 0.15) is 77.6 Å². The highest BCUT2D eigenvalue weighted by Crippen LogP contribution is 2.29. The number of carbonyl (C=O) groups excluding carboxylic acids is 1. The van der Waals surface area contributed by atoms with Crippen LogP contribution in [0.3, 0.4) is 0 Å². The van der Waals surface area contributed by atoms with Crippen molar-refractivity contribution in [2.75, 3.05) is 32.7 Å². The highest BCUT2D eigenvalue weighted by molar-refractivity contribution is 5.74. The van der Waals surface area contributed by atoms with E-state index in [1.54, 1.807) is 5.57 Å². The maximum Gasteiger partial charge on any atom is 0.317 e. The molecule has 3 aliphatic rings. The summed E-state index contributed by atoms with van der Waals surface area (Å²) in [6.45, 7) is 7.28. The van der Waals surface area contributed by atoms with E-state index in [4.69, 9.17) is 0 Å². The molecule has 0 atom stereocenters. The van der Waals surface area contributed by atoms with E-state index in [1.165, 1.54) is 64.2 Å². The van der Waals surface area contributed by atoms with Gasteiger partial charge in [0.2, 0.25) is 0 Å². The monoisotopic (exact) mass is 361 g/mol. The second kappa shape index (κ2) is 10.3. The number of piperazine rings is 1. The van der Waals surface area contributed by atoms with Crippen LogP contribution in [0, 0.1) is 5.92 Å². The number of allylic oxidation sites excluding steroid dienone is 1. The first-order chi connectivity index (χ1) is 12.7. The molecule has 1 N–H and O–H groups in total. The Bertz CT molecular complexity index is 456. The Labute approximate surface area is 160 Å². The molecule has 2 aliphatic carbocycles. The van der Waals surface area contributed by atoms with E-state index in [0.29, 0.717) is 6.04 Å². The number of carbonyl (C=O) groups is 1. The summed E-state index contributed by atoms with van der Waals surface area (Å²) in [5, 5.41) is 3.26. The van der Waals surface area contributed by atoms with Crippen molar-refractivity contribution in [3.63, 3.8) is 0 Å². The third-order valence-corrected chi connectivity index (χ3v) is 6.75. The van der Waals surface area contributed by atoms with Crippen molar-refractivity contribution < 1.29 is 4.79 Å². The molecule has 4 heteroatoms. The van der Waals surface area contributed by atoms with Crippen molar-refractivity contribution in [1.82, 2.24) is 15.1 Å². The Kier molecular flexibility index (Phi) is 7.85. The van der Waals surface area contributed by atoms with Crippen LogP contribution >= 0.6 is 0 Å². The molecule has 1 aliphatic heterocycles. The van der Waals surface area contributed by atoms with E-state index < -0.39 is 0 Å². The van der Waals surface area contributed by atoms with Gasteiger partial charge in [0.15, 0.2) is 0 Å². The van der Waals surface area contributed by atoms with Gasteiger partial charge in [0.05, 0.1) is 0 Å². The molecule has 1 saturated heterocycles. The molecule has 0 unspecified atom stereocenters. The molecule has 3 fully saturated rings. The highest BCUT2D eigenvalue weighted by atomic mass is 16.2. The second-order valence-corrected chi connectivity index (χ2v) is 8.68. The fourth-order valence-corrected chi connectivity index (χ4v) is 4.89. The van der Waals surface area contributed by atoms with E-state index in [2.05, 4.69) is 23.2 Å². The molecule has 0 aromatic heterocycles. The van der Waals surface area contributed by atoms with Crippen LogP contribution in [0.15, 0.2) is 11.6 Å². The van der Waals surface area contributed by atoms with Crippen molar-refractivity contribution in [1.29, 1.82) is 0 Å². The Balaban J connectivity index is 1.32. The summed E-state index contributed by atoms with van der Waals surface area (Å²) >= 11 is 0. The zero-order valence-electron chi connectivity index (χ0n) is 16.8. The Morgan fingerprint density at radius 1 is 0.923 bits per heavy atom. The fraction of sp³-hybridized carbons (Fsp3) is 0.864. The van der Waals surface area contributed by atoms with Gasteiger partial charge in [-0.2, -0.15) is 0 Å². The zero-order chi connectivity index (χ0) is 18.2. The van der Waals surface area contributed by atoms with E-state index in [0.717, 1.165) is 45.1 Å². The second-order valence-electron chi connectivity index (χ2n) is 8.68. The largest absolute Gasteiger partial charge is 0.335 e. The molecule has 0 radical (unpaired) electrons. The highest BCUT2D eigenvalue weighted by Gasteiger charge is 2.23. The summed E-state index contributed by atoms with van der Waals surface area (Å²) in [7, 11) is 0. The minimum absolute atomic E-state index is 0.171. The summed E-state index contributed by atoms with van der Waals surface area (Å²) in [4.78, 5) is 17.0. The smallest absolute Gasteiger partial charge is 0.317 e. The molecule has 26 heavy (non-hydrogen) atoms. The summed E-state index contributed by atoms with van der Waals surface area (Å²) in [5.41, 5.74) is 1.62. The van der Waals surface area contributed by atoms with Crippen LogP contribution in [-0.4, -0.2) is 54.6 Å². The predicted octanol–water partition coefficient (Wildman–Crippen LogP) is 4.56. The molecule has 148 valence electrons. The Hall–Kier alpha value is -1.03. The van der Waals surface area contributed by atoms with Gasteiger partial charge < -0.3 is 10.2 Å². The molecular formula is C22H39N3O. The van der Waals surface area contributed by atoms with E-state index in [1.807, 2.05) is 4.90 Å². The summed E-state index contributed by atoms with van der Waals surface area (Å²) in [5.74, 6) is 0.851. The van der Waals surface area contributed by atoms with Gasteiger partial charge >= 0.3 is 6.03 Å². The summed E-state index contributed by atoms with van der Waals surface area (Å²) in [6, 6.07) is 0.590. The van der Waals surface area contributed by atoms with Crippen LogP contribution < -0.4 is 5.32 Å². The zero-order valence-corrected chi connectivity index (χ0v) is 16.8. The van der Waals surface area contributed by atoms with Gasteiger partial charge in [-0.05, 0) is 44.9 Å². The van der Waals surface area contributed by atoms with E-state index in [-0.39, 0.29) is 6.03 Å². The van der Waals surface area contributed by atoms with Gasteiger partial charge in [-0.25, -0.2) is 4.79 Å². The molecule has 0 bridgehead atoms. The third kappa shape index (κ3) is 6.00. The average Bonchev–Trinajstić information content (AvgIpc) is 2.70. The number of amides is 2. The number of nitrogens with one attached hydrogen (secondary N) is 1. The van der Waals surface area contributed by atoms with Gasteiger partial charge in [0.25, 0.3) is 0 Å². The molecule has 0 spiro atoms. The number of hydrogen-bond acceptors (Lipinski definition) is 2. The van der Waals surface area contributed by atoms with Gasteiger partial charge in [-0.1, -0.05) is 50.2 Å². The van der Waals surface area contributed by atoms with Crippen molar-refractivity contribution in [2.45, 2.75) is 83.6 Å². The number of nitrogens with zero attached hydrogens (tertiary/aromatic N) is 2. The van der Waals surface area contributed by atoms with Gasteiger partial charge in [0.1, 0.15) is 0 Å². The van der Waals surface area contributed by atoms with Crippen LogP contribution in [0.5, 0.6) is 0 Å². The third-order valence-electron chi connectivity index (χ3n) is 6.75. The molecule has 0 aromatic carbocycles. The van der Waals surface area contributed by atoms with Crippen molar-refractivity contribution >= 4 is 6.03 Å². The standard InChI is InChI=1S/C22H39N3O/c1-19(20-10-4-2-5-11-20)9-8-14-24-15-17-25(18-16-24)22(26)23-21-12-6-3-7-13-21/h9,20-21H,2-8,10-18H2,1H3,(H,23,26)/b19-9+. The summed E-state index contributed by atoms with van der Waals surface area (Å²) in [6.07, 6.45) is 16.9. The first-order valence-electron chi connectivity index (χ1n) is 11.2. The van der Waals surface area contributed by atoms with Crippen LogP contribution in [0.2, 0.25) is 0 Å². The van der Waals surface area contributed by atoms with Crippen molar-refractivity contribution in [3.05, 3.63) is 11.6 Å². The maximum absolute atomic E-state index is 12.4. The molecule has 4 nitrogen and oxygen atoms in total. The van der Waals surface area contributed by atoms with Crippen LogP contribution in [0.4, 0.5) is 4.79 Å². The first kappa shape index (κ1) is 19.7. The summed E-state index contributed by atoms with van der Waals surface area (Å²) < 4.78 is 0. The lowest BCUT2D eigenvalue weighted by Crippen LogP contribution is -2.53. The van der Waals surface area contributed by atoms with Crippen LogP contribution in [-0.2, 0) is 0 Å². The topological polar surface area (TPSA) is 35.6 Å². The van der Waals surface area contributed by atoms with Crippen molar-refractivity contribution in [3.8, 4) is 0 Å². The molecule has 2 amide bonds. The number of hydrogen-bond donors (Lipinski definition) is 1. The van der Waals surface area contributed by atoms with Gasteiger partial charge in [-0.15, -0.1) is 0 Å². The van der Waals surface area contributed by atoms with Gasteiger partial charge in [-0.3, -0.25) is 4.90 Å². The normalized spacial score (nSPS) is 24.7. The van der Waals surface area contributed by atoms with Gasteiger partial charge in [0, 0.05) is 38.8 Å². The lowest BCUT2D eigenvalue weighted by molar-refractivity contribution is 0.137. The lowest BCUT2D eigenvalue weighted by Gasteiger charge is -2.36. The number of rotatable bonds is 5. The van der Waals surface area contributed by atoms with Crippen molar-refractivity contribution in [2.24, 2.45) is 5.92 Å². The predicted molar refractivity (Wildman–Crippen MR) is 108 cm³/mol. The molecule has 0 aromatic rings. The Morgan fingerprint density at radius 3 is 2.19 bits per heavy atom. The lowest BCUT2D eigenvalue weighted by atomic mass is 9.84. The first-order valence-corrected chi connectivity index (χ1v) is 11.2. The number of urea groups is 1. The quantitative estimate of drug-likeness (QED) is 0.729. The molecule has 3 rings (SSSR count). The molecular weight excluding hydrogens is 322 g/mol.